The van der Waals surface area contributed by atoms with Crippen molar-refractivity contribution in [2.45, 2.75) is 63.3 Å². The molecule has 3 aliphatic rings. The van der Waals surface area contributed by atoms with Gasteiger partial charge in [0.05, 0.1) is 18.8 Å². The van der Waals surface area contributed by atoms with Gasteiger partial charge in [0.25, 0.3) is 0 Å². The molecule has 0 bridgehead atoms. The van der Waals surface area contributed by atoms with E-state index in [1.165, 1.54) is 18.9 Å². The lowest BCUT2D eigenvalue weighted by molar-refractivity contribution is -0.150. The molecule has 29 heavy (non-hydrogen) atoms. The van der Waals surface area contributed by atoms with Gasteiger partial charge in [0.1, 0.15) is 0 Å². The number of para-hydroxylation sites is 1. The number of nitrogens with zero attached hydrogens (tertiary/aromatic N) is 2. The van der Waals surface area contributed by atoms with Gasteiger partial charge in [-0.1, -0.05) is 24.6 Å². The van der Waals surface area contributed by atoms with Gasteiger partial charge in [0.2, 0.25) is 0 Å². The van der Waals surface area contributed by atoms with E-state index in [4.69, 9.17) is 4.74 Å². The molecule has 8 heteroatoms. The number of methoxy groups -OCH3 is 1. The third kappa shape index (κ3) is 3.41. The van der Waals surface area contributed by atoms with Crippen LogP contribution in [0.2, 0.25) is 0 Å². The Hall–Kier alpha value is -2.77. The van der Waals surface area contributed by atoms with Crippen LogP contribution in [0.3, 0.4) is 0 Å². The number of carbonyl (C=O) groups excluding carboxylic acids is 2. The quantitative estimate of drug-likeness (QED) is 0.774. The molecule has 156 valence electrons. The topological polar surface area (TPSA) is 96.4 Å². The van der Waals surface area contributed by atoms with Crippen molar-refractivity contribution >= 4 is 23.8 Å². The summed E-state index contributed by atoms with van der Waals surface area (Å²) in [5, 5.41) is 9.86. The molecule has 2 saturated carbocycles. The first-order valence-corrected chi connectivity index (χ1v) is 10.1. The summed E-state index contributed by atoms with van der Waals surface area (Å²) >= 11 is 0. The van der Waals surface area contributed by atoms with Crippen molar-refractivity contribution < 1.29 is 29.0 Å². The average Bonchev–Trinajstić information content (AvgIpc) is 3.42. The van der Waals surface area contributed by atoms with Gasteiger partial charge in [-0.25, -0.2) is 14.4 Å². The van der Waals surface area contributed by atoms with E-state index in [1.54, 1.807) is 11.0 Å². The van der Waals surface area contributed by atoms with E-state index in [0.29, 0.717) is 5.69 Å². The summed E-state index contributed by atoms with van der Waals surface area (Å²) in [6.45, 7) is 1.49. The smallest absolute Gasteiger partial charge is 0.412 e. The lowest BCUT2D eigenvalue weighted by Crippen LogP contribution is -2.53. The van der Waals surface area contributed by atoms with Crippen molar-refractivity contribution in [3.8, 4) is 0 Å². The van der Waals surface area contributed by atoms with Crippen LogP contribution < -0.4 is 4.90 Å². The third-order valence-electron chi connectivity index (χ3n) is 6.25. The minimum Gasteiger partial charge on any atom is -0.466 e. The summed E-state index contributed by atoms with van der Waals surface area (Å²) < 4.78 is 10.1. The van der Waals surface area contributed by atoms with Crippen LogP contribution in [0.5, 0.6) is 0 Å². The molecular formula is C21H26N2O6. The Bertz CT molecular complexity index is 823. The first-order chi connectivity index (χ1) is 13.9. The summed E-state index contributed by atoms with van der Waals surface area (Å²) in [6.07, 6.45) is 1.77. The van der Waals surface area contributed by atoms with E-state index < -0.39 is 24.3 Å². The van der Waals surface area contributed by atoms with E-state index in [-0.39, 0.29) is 24.0 Å². The number of hydrogen-bond acceptors (Lipinski definition) is 5. The Morgan fingerprint density at radius 3 is 2.55 bits per heavy atom. The minimum absolute atomic E-state index is 0.00239. The Morgan fingerprint density at radius 2 is 1.90 bits per heavy atom. The second kappa shape index (κ2) is 7.57. The van der Waals surface area contributed by atoms with Crippen LogP contribution in [0.4, 0.5) is 15.3 Å². The van der Waals surface area contributed by atoms with Crippen LogP contribution in [-0.4, -0.2) is 53.5 Å². The van der Waals surface area contributed by atoms with Crippen LogP contribution in [0.15, 0.2) is 24.3 Å². The van der Waals surface area contributed by atoms with E-state index in [1.807, 2.05) is 18.2 Å². The largest absolute Gasteiger partial charge is 0.466 e. The third-order valence-corrected chi connectivity index (χ3v) is 6.25. The lowest BCUT2D eigenvalue weighted by Gasteiger charge is -2.46. The summed E-state index contributed by atoms with van der Waals surface area (Å²) in [5.41, 5.74) is 1.46. The number of fused-ring (bicyclic) bond motifs is 2. The van der Waals surface area contributed by atoms with Crippen LogP contribution >= 0.6 is 0 Å². The van der Waals surface area contributed by atoms with Crippen molar-refractivity contribution in [1.82, 2.24) is 4.90 Å². The fourth-order valence-electron chi connectivity index (χ4n) is 4.89. The number of amides is 2. The maximum Gasteiger partial charge on any atom is 0.412 e. The molecule has 1 aromatic carbocycles. The summed E-state index contributed by atoms with van der Waals surface area (Å²) in [5.74, 6) is -0.600. The average molecular weight is 402 g/mol. The number of benzene rings is 1. The van der Waals surface area contributed by atoms with Gasteiger partial charge in [-0.2, -0.15) is 0 Å². The Labute approximate surface area is 169 Å². The molecule has 1 heterocycles. The van der Waals surface area contributed by atoms with Crippen molar-refractivity contribution in [2.75, 3.05) is 12.0 Å². The molecule has 3 unspecified atom stereocenters. The number of hydrogen-bond donors (Lipinski definition) is 1. The predicted molar refractivity (Wildman–Crippen MR) is 104 cm³/mol. The standard InChI is InChI=1S/C21H26N2O6/c1-12(19(24)28-2)29-21(27)22(13-10-11-13)18-14-6-3-4-8-16(14)23(20(25)26)17-9-5-7-15(17)18/h3-4,6,8,12-13,15,17-18H,5,7,9-11H2,1-2H3,(H,25,26)/t12-,15?,17?,18?/m0/s1. The number of carbonyl (C=O) groups is 3. The Kier molecular flexibility index (Phi) is 5.10. The van der Waals surface area contributed by atoms with E-state index >= 15 is 0 Å². The zero-order valence-corrected chi connectivity index (χ0v) is 16.6. The van der Waals surface area contributed by atoms with Gasteiger partial charge in [-0.3, -0.25) is 9.80 Å². The van der Waals surface area contributed by atoms with Crippen molar-refractivity contribution in [1.29, 1.82) is 0 Å². The fraction of sp³-hybridized carbons (Fsp3) is 0.571. The number of anilines is 1. The van der Waals surface area contributed by atoms with Crippen LogP contribution in [-0.2, 0) is 14.3 Å². The molecule has 8 nitrogen and oxygen atoms in total. The molecule has 2 amide bonds. The SMILES string of the molecule is COC(=O)[C@H](C)OC(=O)N(C1CC1)C1c2ccccc2N(C(=O)O)C2CCCC21. The number of esters is 1. The summed E-state index contributed by atoms with van der Waals surface area (Å²) in [4.78, 5) is 40.1. The highest BCUT2D eigenvalue weighted by molar-refractivity contribution is 5.89. The first-order valence-electron chi connectivity index (χ1n) is 10.1. The van der Waals surface area contributed by atoms with Gasteiger partial charge >= 0.3 is 18.2 Å². The number of rotatable bonds is 4. The van der Waals surface area contributed by atoms with Crippen LogP contribution in [0, 0.1) is 5.92 Å². The second-order valence-corrected chi connectivity index (χ2v) is 8.01. The lowest BCUT2D eigenvalue weighted by atomic mass is 9.82. The fourth-order valence-corrected chi connectivity index (χ4v) is 4.89. The van der Waals surface area contributed by atoms with Gasteiger partial charge in [0.15, 0.2) is 6.10 Å². The normalized spacial score (nSPS) is 26.1. The highest BCUT2D eigenvalue weighted by Crippen LogP contribution is 2.52. The van der Waals surface area contributed by atoms with Crippen molar-refractivity contribution in [2.24, 2.45) is 5.92 Å². The van der Waals surface area contributed by atoms with E-state index in [0.717, 1.165) is 37.7 Å². The second-order valence-electron chi connectivity index (χ2n) is 8.01. The highest BCUT2D eigenvalue weighted by atomic mass is 16.6. The van der Waals surface area contributed by atoms with Crippen LogP contribution in [0.25, 0.3) is 0 Å². The maximum atomic E-state index is 13.1. The number of ether oxygens (including phenoxy) is 2. The van der Waals surface area contributed by atoms with Gasteiger partial charge in [-0.15, -0.1) is 0 Å². The first kappa shape index (κ1) is 19.5. The van der Waals surface area contributed by atoms with E-state index in [2.05, 4.69) is 4.74 Å². The molecular weight excluding hydrogens is 376 g/mol. The Morgan fingerprint density at radius 1 is 1.17 bits per heavy atom. The molecule has 4 rings (SSSR count). The summed E-state index contributed by atoms with van der Waals surface area (Å²) in [6, 6.07) is 7.01. The molecule has 0 aromatic heterocycles. The molecule has 2 aliphatic carbocycles. The van der Waals surface area contributed by atoms with E-state index in [9.17, 15) is 19.5 Å². The molecule has 0 spiro atoms. The Balaban J connectivity index is 1.72. The van der Waals surface area contributed by atoms with Crippen molar-refractivity contribution in [3.05, 3.63) is 29.8 Å². The highest BCUT2D eigenvalue weighted by Gasteiger charge is 2.52. The van der Waals surface area contributed by atoms with Gasteiger partial charge in [-0.05, 0) is 44.2 Å². The molecule has 1 N–H and O–H groups in total. The summed E-state index contributed by atoms with van der Waals surface area (Å²) in [7, 11) is 1.26. The number of carboxylic acid groups (broad SMARTS) is 1. The molecule has 0 radical (unpaired) electrons. The maximum absolute atomic E-state index is 13.1. The predicted octanol–water partition coefficient (Wildman–Crippen LogP) is 3.56. The molecule has 2 fully saturated rings. The van der Waals surface area contributed by atoms with Gasteiger partial charge < -0.3 is 14.6 Å². The zero-order valence-electron chi connectivity index (χ0n) is 16.6. The zero-order chi connectivity index (χ0) is 20.7. The molecule has 1 aromatic rings. The minimum atomic E-state index is -0.998. The molecule has 4 atom stereocenters. The van der Waals surface area contributed by atoms with Gasteiger partial charge in [0, 0.05) is 18.0 Å². The molecule has 1 aliphatic heterocycles. The van der Waals surface area contributed by atoms with Crippen LogP contribution in [0.1, 0.15) is 50.6 Å². The van der Waals surface area contributed by atoms with Crippen molar-refractivity contribution in [3.63, 3.8) is 0 Å². The molecule has 0 saturated heterocycles. The monoisotopic (exact) mass is 402 g/mol.